The second-order valence-electron chi connectivity index (χ2n) is 4.06. The van der Waals surface area contributed by atoms with Gasteiger partial charge in [-0.25, -0.2) is 4.79 Å². The molecule has 2 rings (SSSR count). The Morgan fingerprint density at radius 2 is 1.86 bits per heavy atom. The minimum atomic E-state index is -4.74. The Balaban J connectivity index is 2.82. The van der Waals surface area contributed by atoms with Gasteiger partial charge in [-0.15, -0.1) is 0 Å². The number of aromatic carboxylic acids is 1. The third-order valence-corrected chi connectivity index (χ3v) is 3.00. The lowest BCUT2D eigenvalue weighted by molar-refractivity contribution is -0.137. The number of hydrogen-bond acceptors (Lipinski definition) is 2. The number of nitrogens with zero attached hydrogens (tertiary/aromatic N) is 1. The number of alkyl halides is 3. The number of pyridine rings is 1. The fourth-order valence-corrected chi connectivity index (χ4v) is 2.04. The van der Waals surface area contributed by atoms with E-state index in [1.165, 1.54) is 6.07 Å². The van der Waals surface area contributed by atoms with Crippen molar-refractivity contribution in [1.29, 1.82) is 0 Å². The van der Waals surface area contributed by atoms with Gasteiger partial charge < -0.3 is 5.11 Å². The van der Waals surface area contributed by atoms with Crippen molar-refractivity contribution in [3.8, 4) is 5.69 Å². The number of para-hydroxylation sites is 1. The number of carboxylic acids is 1. The average molecular weight is 318 g/mol. The average Bonchev–Trinajstić information content (AvgIpc) is 2.38. The fourth-order valence-electron chi connectivity index (χ4n) is 1.78. The predicted octanol–water partition coefficient (Wildman–Crippen LogP) is 3.21. The molecule has 0 saturated heterocycles. The Hall–Kier alpha value is -2.28. The molecule has 0 unspecified atom stereocenters. The van der Waals surface area contributed by atoms with E-state index < -0.39 is 29.0 Å². The van der Waals surface area contributed by atoms with Gasteiger partial charge in [-0.2, -0.15) is 13.2 Å². The van der Waals surface area contributed by atoms with Crippen molar-refractivity contribution in [2.24, 2.45) is 0 Å². The lowest BCUT2D eigenvalue weighted by Crippen LogP contribution is -2.22. The monoisotopic (exact) mass is 317 g/mol. The van der Waals surface area contributed by atoms with Crippen LogP contribution in [0.4, 0.5) is 13.2 Å². The van der Waals surface area contributed by atoms with Gasteiger partial charge in [0, 0.05) is 12.3 Å². The molecule has 0 aliphatic carbocycles. The number of rotatable bonds is 2. The number of halogens is 4. The van der Waals surface area contributed by atoms with Crippen LogP contribution in [0, 0.1) is 0 Å². The van der Waals surface area contributed by atoms with Gasteiger partial charge in [0.15, 0.2) is 0 Å². The Morgan fingerprint density at radius 3 is 2.43 bits per heavy atom. The largest absolute Gasteiger partial charge is 0.478 e. The molecule has 0 amide bonds. The Bertz CT molecular complexity index is 768. The van der Waals surface area contributed by atoms with E-state index in [9.17, 15) is 22.8 Å². The molecular formula is C13H7ClF3NO3. The molecule has 110 valence electrons. The van der Waals surface area contributed by atoms with Gasteiger partial charge in [0.1, 0.15) is 0 Å². The van der Waals surface area contributed by atoms with Crippen molar-refractivity contribution in [3.63, 3.8) is 0 Å². The molecule has 4 nitrogen and oxygen atoms in total. The van der Waals surface area contributed by atoms with E-state index in [1.807, 2.05) is 0 Å². The first-order valence-corrected chi connectivity index (χ1v) is 5.91. The molecule has 0 saturated carbocycles. The second-order valence-corrected chi connectivity index (χ2v) is 4.47. The Labute approximate surface area is 121 Å². The van der Waals surface area contributed by atoms with Gasteiger partial charge >= 0.3 is 12.1 Å². The van der Waals surface area contributed by atoms with Crippen molar-refractivity contribution < 1.29 is 23.1 Å². The van der Waals surface area contributed by atoms with Crippen LogP contribution >= 0.6 is 11.6 Å². The molecule has 0 aliphatic rings. The van der Waals surface area contributed by atoms with Crippen LogP contribution in [0.25, 0.3) is 5.69 Å². The van der Waals surface area contributed by atoms with E-state index in [2.05, 4.69) is 0 Å². The molecule has 0 aliphatic heterocycles. The third-order valence-electron chi connectivity index (χ3n) is 2.69. The molecular weight excluding hydrogens is 311 g/mol. The molecule has 1 aromatic carbocycles. The van der Waals surface area contributed by atoms with E-state index in [0.29, 0.717) is 4.57 Å². The topological polar surface area (TPSA) is 59.3 Å². The quantitative estimate of drug-likeness (QED) is 0.925. The van der Waals surface area contributed by atoms with Crippen LogP contribution in [0.3, 0.4) is 0 Å². The summed E-state index contributed by atoms with van der Waals surface area (Å²) in [4.78, 5) is 22.7. The highest BCUT2D eigenvalue weighted by Gasteiger charge is 2.35. The highest BCUT2D eigenvalue weighted by Crippen LogP contribution is 2.36. The van der Waals surface area contributed by atoms with Crippen LogP contribution in [0.15, 0.2) is 41.3 Å². The molecule has 0 atom stereocenters. The van der Waals surface area contributed by atoms with Crippen LogP contribution in [-0.2, 0) is 6.18 Å². The molecule has 0 fully saturated rings. The van der Waals surface area contributed by atoms with Crippen LogP contribution in [0.1, 0.15) is 15.9 Å². The molecule has 0 radical (unpaired) electrons. The zero-order chi connectivity index (χ0) is 15.8. The fraction of sp³-hybridized carbons (Fsp3) is 0.0769. The maximum absolute atomic E-state index is 13.0. The zero-order valence-electron chi connectivity index (χ0n) is 10.2. The summed E-state index contributed by atoms with van der Waals surface area (Å²) in [5.74, 6) is -1.37. The summed E-state index contributed by atoms with van der Waals surface area (Å²) in [6.45, 7) is 0. The van der Waals surface area contributed by atoms with Crippen LogP contribution in [-0.4, -0.2) is 15.6 Å². The Kier molecular flexibility index (Phi) is 3.78. The van der Waals surface area contributed by atoms with Crippen molar-refractivity contribution in [3.05, 3.63) is 63.0 Å². The molecule has 1 heterocycles. The summed E-state index contributed by atoms with van der Waals surface area (Å²) in [7, 11) is 0. The van der Waals surface area contributed by atoms with E-state index in [0.717, 1.165) is 30.5 Å². The molecule has 1 aromatic heterocycles. The van der Waals surface area contributed by atoms with E-state index in [-0.39, 0.29) is 10.6 Å². The normalized spacial score (nSPS) is 11.4. The SMILES string of the molecule is O=C(O)c1ccc(=O)n(-c2c(Cl)cccc2C(F)(F)F)c1. The first-order valence-electron chi connectivity index (χ1n) is 5.54. The van der Waals surface area contributed by atoms with Gasteiger partial charge in [0.2, 0.25) is 0 Å². The van der Waals surface area contributed by atoms with Crippen molar-refractivity contribution >= 4 is 17.6 Å². The maximum Gasteiger partial charge on any atom is 0.418 e. The summed E-state index contributed by atoms with van der Waals surface area (Å²) in [6.07, 6.45) is -3.93. The van der Waals surface area contributed by atoms with Crippen molar-refractivity contribution in [2.45, 2.75) is 6.18 Å². The predicted molar refractivity (Wildman–Crippen MR) is 69.0 cm³/mol. The minimum absolute atomic E-state index is 0.311. The van der Waals surface area contributed by atoms with Crippen LogP contribution in [0.5, 0.6) is 0 Å². The standard InChI is InChI=1S/C13H7ClF3NO3/c14-9-3-1-2-8(13(15,16)17)11(9)18-6-7(12(20)21)4-5-10(18)19/h1-6H,(H,20,21). The zero-order valence-corrected chi connectivity index (χ0v) is 10.9. The lowest BCUT2D eigenvalue weighted by atomic mass is 10.1. The number of hydrogen-bond donors (Lipinski definition) is 1. The summed E-state index contributed by atoms with van der Waals surface area (Å²) >= 11 is 5.77. The summed E-state index contributed by atoms with van der Waals surface area (Å²) in [5.41, 5.74) is -2.87. The lowest BCUT2D eigenvalue weighted by Gasteiger charge is -2.16. The first-order chi connectivity index (χ1) is 9.71. The van der Waals surface area contributed by atoms with Gasteiger partial charge in [-0.05, 0) is 18.2 Å². The smallest absolute Gasteiger partial charge is 0.418 e. The van der Waals surface area contributed by atoms with E-state index >= 15 is 0 Å². The van der Waals surface area contributed by atoms with E-state index in [4.69, 9.17) is 16.7 Å². The number of benzene rings is 1. The number of aromatic nitrogens is 1. The molecule has 2 aromatic rings. The highest BCUT2D eigenvalue weighted by atomic mass is 35.5. The number of carbonyl (C=O) groups is 1. The van der Waals surface area contributed by atoms with Crippen LogP contribution in [0.2, 0.25) is 5.02 Å². The Morgan fingerprint density at radius 1 is 1.19 bits per heavy atom. The summed E-state index contributed by atoms with van der Waals surface area (Å²) in [5, 5.41) is 8.56. The van der Waals surface area contributed by atoms with Gasteiger partial charge in [-0.3, -0.25) is 9.36 Å². The van der Waals surface area contributed by atoms with Crippen molar-refractivity contribution in [2.75, 3.05) is 0 Å². The van der Waals surface area contributed by atoms with Crippen LogP contribution < -0.4 is 5.56 Å². The maximum atomic E-state index is 13.0. The highest BCUT2D eigenvalue weighted by molar-refractivity contribution is 6.32. The second kappa shape index (κ2) is 5.25. The molecule has 21 heavy (non-hydrogen) atoms. The number of carboxylic acid groups (broad SMARTS) is 1. The first kappa shape index (κ1) is 15.1. The van der Waals surface area contributed by atoms with E-state index in [1.54, 1.807) is 0 Å². The summed E-state index contributed by atoms with van der Waals surface area (Å²) in [6, 6.07) is 4.92. The molecule has 0 bridgehead atoms. The molecule has 1 N–H and O–H groups in total. The van der Waals surface area contributed by atoms with Gasteiger partial charge in [0.05, 0.1) is 21.8 Å². The van der Waals surface area contributed by atoms with Gasteiger partial charge in [-0.1, -0.05) is 17.7 Å². The molecule has 8 heteroatoms. The van der Waals surface area contributed by atoms with Crippen molar-refractivity contribution in [1.82, 2.24) is 4.57 Å². The third kappa shape index (κ3) is 2.92. The molecule has 0 spiro atoms. The minimum Gasteiger partial charge on any atom is -0.478 e. The van der Waals surface area contributed by atoms with Gasteiger partial charge in [0.25, 0.3) is 5.56 Å². The summed E-state index contributed by atoms with van der Waals surface area (Å²) < 4.78 is 39.6.